The average molecular weight is 247 g/mol. The third kappa shape index (κ3) is 6.40. The highest BCUT2D eigenvalue weighted by Gasteiger charge is 1.98. The van der Waals surface area contributed by atoms with Gasteiger partial charge in [-0.25, -0.2) is 4.79 Å². The molecule has 2 amide bonds. The van der Waals surface area contributed by atoms with Gasteiger partial charge in [-0.15, -0.1) is 0 Å². The number of benzene rings is 1. The van der Waals surface area contributed by atoms with Gasteiger partial charge in [0.25, 0.3) is 0 Å². The largest absolute Gasteiger partial charge is 0.338 e. The SMILES string of the molecule is [N-]=[N+]=NCCCCNC(=O)NCc1ccccc1. The minimum absolute atomic E-state index is 0.178. The Kier molecular flexibility index (Phi) is 6.85. The first-order valence-corrected chi connectivity index (χ1v) is 5.89. The van der Waals surface area contributed by atoms with E-state index in [0.29, 0.717) is 19.6 Å². The molecule has 0 aliphatic heterocycles. The molecule has 0 unspecified atom stereocenters. The molecule has 2 N–H and O–H groups in total. The molecular formula is C12H17N5O. The molecule has 1 rings (SSSR count). The molecule has 1 aromatic carbocycles. The van der Waals surface area contributed by atoms with Crippen LogP contribution in [0.2, 0.25) is 0 Å². The van der Waals surface area contributed by atoms with Crippen molar-refractivity contribution in [3.05, 3.63) is 46.3 Å². The van der Waals surface area contributed by atoms with Gasteiger partial charge in [0.1, 0.15) is 0 Å². The Morgan fingerprint density at radius 2 is 2.00 bits per heavy atom. The Hall–Kier alpha value is -2.20. The molecule has 0 spiro atoms. The molecule has 0 saturated carbocycles. The Labute approximate surface area is 106 Å². The second-order valence-electron chi connectivity index (χ2n) is 3.76. The summed E-state index contributed by atoms with van der Waals surface area (Å²) in [6.45, 7) is 1.58. The van der Waals surface area contributed by atoms with Crippen molar-refractivity contribution in [2.24, 2.45) is 5.11 Å². The van der Waals surface area contributed by atoms with Gasteiger partial charge in [-0.05, 0) is 23.9 Å². The quantitative estimate of drug-likeness (QED) is 0.329. The average Bonchev–Trinajstić information content (AvgIpc) is 2.41. The zero-order valence-electron chi connectivity index (χ0n) is 10.2. The van der Waals surface area contributed by atoms with Crippen LogP contribution in [0, 0.1) is 0 Å². The lowest BCUT2D eigenvalue weighted by Crippen LogP contribution is -2.35. The lowest BCUT2D eigenvalue weighted by molar-refractivity contribution is 0.240. The minimum atomic E-state index is -0.178. The highest BCUT2D eigenvalue weighted by atomic mass is 16.2. The molecule has 0 bridgehead atoms. The summed E-state index contributed by atoms with van der Waals surface area (Å²) in [7, 11) is 0. The standard InChI is InChI=1S/C12H17N5O/c13-17-16-9-5-4-8-14-12(18)15-10-11-6-2-1-3-7-11/h1-3,6-7H,4-5,8-10H2,(H2,14,15,18). The van der Waals surface area contributed by atoms with E-state index in [4.69, 9.17) is 5.53 Å². The predicted molar refractivity (Wildman–Crippen MR) is 69.9 cm³/mol. The second-order valence-corrected chi connectivity index (χ2v) is 3.76. The number of hydrogen-bond donors (Lipinski definition) is 2. The first-order valence-electron chi connectivity index (χ1n) is 5.89. The van der Waals surface area contributed by atoms with Crippen molar-refractivity contribution in [1.29, 1.82) is 0 Å². The van der Waals surface area contributed by atoms with Gasteiger partial charge in [0.05, 0.1) is 0 Å². The van der Waals surface area contributed by atoms with Crippen LogP contribution in [-0.4, -0.2) is 19.1 Å². The maximum atomic E-state index is 11.4. The maximum Gasteiger partial charge on any atom is 0.315 e. The molecule has 0 saturated heterocycles. The van der Waals surface area contributed by atoms with Crippen LogP contribution in [-0.2, 0) is 6.54 Å². The van der Waals surface area contributed by atoms with Gasteiger partial charge in [0.2, 0.25) is 0 Å². The van der Waals surface area contributed by atoms with E-state index in [9.17, 15) is 4.79 Å². The van der Waals surface area contributed by atoms with E-state index >= 15 is 0 Å². The summed E-state index contributed by atoms with van der Waals surface area (Å²) in [5.41, 5.74) is 9.13. The summed E-state index contributed by atoms with van der Waals surface area (Å²) in [6.07, 6.45) is 1.58. The van der Waals surface area contributed by atoms with Gasteiger partial charge in [-0.2, -0.15) is 0 Å². The summed E-state index contributed by atoms with van der Waals surface area (Å²) in [6, 6.07) is 9.55. The zero-order chi connectivity index (χ0) is 13.1. The molecule has 1 aromatic rings. The molecule has 18 heavy (non-hydrogen) atoms. The monoisotopic (exact) mass is 247 g/mol. The smallest absolute Gasteiger partial charge is 0.315 e. The number of rotatable bonds is 7. The number of amides is 2. The van der Waals surface area contributed by atoms with Crippen LogP contribution in [0.4, 0.5) is 4.79 Å². The van der Waals surface area contributed by atoms with Gasteiger partial charge in [0.15, 0.2) is 0 Å². The van der Waals surface area contributed by atoms with Crippen molar-refractivity contribution in [2.45, 2.75) is 19.4 Å². The van der Waals surface area contributed by atoms with E-state index in [1.807, 2.05) is 30.3 Å². The number of nitrogens with zero attached hydrogens (tertiary/aromatic N) is 3. The second kappa shape index (κ2) is 8.90. The first kappa shape index (κ1) is 13.9. The lowest BCUT2D eigenvalue weighted by Gasteiger charge is -2.07. The van der Waals surface area contributed by atoms with Crippen molar-refractivity contribution < 1.29 is 4.79 Å². The molecule has 0 radical (unpaired) electrons. The third-order valence-corrected chi connectivity index (χ3v) is 2.33. The summed E-state index contributed by atoms with van der Waals surface area (Å²) < 4.78 is 0. The van der Waals surface area contributed by atoms with E-state index in [1.54, 1.807) is 0 Å². The van der Waals surface area contributed by atoms with Crippen molar-refractivity contribution >= 4 is 6.03 Å². The van der Waals surface area contributed by atoms with Crippen molar-refractivity contribution in [3.63, 3.8) is 0 Å². The number of azide groups is 1. The number of urea groups is 1. The first-order chi connectivity index (χ1) is 8.83. The number of carbonyl (C=O) groups is 1. The Morgan fingerprint density at radius 3 is 2.72 bits per heavy atom. The van der Waals surface area contributed by atoms with Gasteiger partial charge < -0.3 is 10.6 Å². The number of carbonyl (C=O) groups excluding carboxylic acids is 1. The van der Waals surface area contributed by atoms with E-state index in [-0.39, 0.29) is 6.03 Å². The maximum absolute atomic E-state index is 11.4. The highest BCUT2D eigenvalue weighted by molar-refractivity contribution is 5.73. The van der Waals surface area contributed by atoms with Crippen LogP contribution in [0.15, 0.2) is 35.4 Å². The molecule has 0 aromatic heterocycles. The predicted octanol–water partition coefficient (Wildman–Crippen LogP) is 2.58. The number of hydrogen-bond acceptors (Lipinski definition) is 2. The van der Waals surface area contributed by atoms with E-state index in [2.05, 4.69) is 20.7 Å². The fourth-order valence-corrected chi connectivity index (χ4v) is 1.39. The fraction of sp³-hybridized carbons (Fsp3) is 0.417. The molecule has 96 valence electrons. The van der Waals surface area contributed by atoms with Gasteiger partial charge in [-0.3, -0.25) is 0 Å². The van der Waals surface area contributed by atoms with Crippen LogP contribution in [0.1, 0.15) is 18.4 Å². The molecule has 0 aliphatic carbocycles. The zero-order valence-corrected chi connectivity index (χ0v) is 10.2. The van der Waals surface area contributed by atoms with Gasteiger partial charge >= 0.3 is 6.03 Å². The molecule has 6 nitrogen and oxygen atoms in total. The Balaban J connectivity index is 2.05. The van der Waals surface area contributed by atoms with Gasteiger partial charge in [0, 0.05) is 24.5 Å². The highest BCUT2D eigenvalue weighted by Crippen LogP contribution is 1.96. The third-order valence-electron chi connectivity index (χ3n) is 2.33. The Bertz CT molecular complexity index is 400. The molecule has 0 fully saturated rings. The van der Waals surface area contributed by atoms with Crippen LogP contribution >= 0.6 is 0 Å². The normalized spacial score (nSPS) is 9.33. The number of unbranched alkanes of at least 4 members (excludes halogenated alkanes) is 1. The van der Waals surface area contributed by atoms with Crippen LogP contribution in [0.25, 0.3) is 10.4 Å². The number of nitrogens with one attached hydrogen (secondary N) is 2. The Morgan fingerprint density at radius 1 is 1.22 bits per heavy atom. The van der Waals surface area contributed by atoms with Crippen molar-refractivity contribution in [3.8, 4) is 0 Å². The summed E-state index contributed by atoms with van der Waals surface area (Å²) >= 11 is 0. The summed E-state index contributed by atoms with van der Waals surface area (Å²) in [4.78, 5) is 14.1. The van der Waals surface area contributed by atoms with Crippen LogP contribution in [0.3, 0.4) is 0 Å². The van der Waals surface area contributed by atoms with E-state index in [1.165, 1.54) is 0 Å². The van der Waals surface area contributed by atoms with Crippen molar-refractivity contribution in [2.75, 3.05) is 13.1 Å². The molecule has 6 heteroatoms. The molecule has 0 atom stereocenters. The van der Waals surface area contributed by atoms with E-state index < -0.39 is 0 Å². The van der Waals surface area contributed by atoms with E-state index in [0.717, 1.165) is 18.4 Å². The van der Waals surface area contributed by atoms with Crippen molar-refractivity contribution in [1.82, 2.24) is 10.6 Å². The topological polar surface area (TPSA) is 89.9 Å². The lowest BCUT2D eigenvalue weighted by atomic mass is 10.2. The molecular weight excluding hydrogens is 230 g/mol. The summed E-state index contributed by atoms with van der Waals surface area (Å²) in [5.74, 6) is 0. The van der Waals surface area contributed by atoms with Crippen LogP contribution in [0.5, 0.6) is 0 Å². The fourth-order valence-electron chi connectivity index (χ4n) is 1.39. The molecule has 0 aliphatic rings. The van der Waals surface area contributed by atoms with Crippen LogP contribution < -0.4 is 10.6 Å². The van der Waals surface area contributed by atoms with Gasteiger partial charge in [-0.1, -0.05) is 35.4 Å². The molecule has 0 heterocycles. The minimum Gasteiger partial charge on any atom is -0.338 e. The summed E-state index contributed by atoms with van der Waals surface area (Å²) in [5, 5.41) is 8.93.